The molecule has 12 rings (SSSR count). The monoisotopic (exact) mass is 817 g/mol. The van der Waals surface area contributed by atoms with E-state index in [1.54, 1.807) is 0 Å². The van der Waals surface area contributed by atoms with Gasteiger partial charge in [0.2, 0.25) is 0 Å². The quantitative estimate of drug-likeness (QED) is 0.144. The Kier molecular flexibility index (Phi) is 9.05. The number of hydrogen-bond acceptors (Lipinski definition) is 3. The number of benzene rings is 10. The van der Waals surface area contributed by atoms with Gasteiger partial charge in [-0.25, -0.2) is 0 Å². The second-order valence-corrected chi connectivity index (χ2v) is 16.5. The average Bonchev–Trinajstić information content (AvgIpc) is 3.83. The van der Waals surface area contributed by atoms with E-state index in [4.69, 9.17) is 0 Å². The van der Waals surface area contributed by atoms with Crippen LogP contribution in [0.5, 0.6) is 0 Å². The molecule has 0 N–H and O–H groups in total. The van der Waals surface area contributed by atoms with Crippen molar-refractivity contribution in [1.82, 2.24) is 0 Å². The van der Waals surface area contributed by atoms with E-state index in [-0.39, 0.29) is 0 Å². The van der Waals surface area contributed by atoms with E-state index in [1.165, 1.54) is 44.5 Å². The summed E-state index contributed by atoms with van der Waals surface area (Å²) >= 11 is 0. The van der Waals surface area contributed by atoms with Crippen LogP contribution in [-0.2, 0) is 5.41 Å². The fraction of sp³-hybridized carbons (Fsp3) is 0.0164. The van der Waals surface area contributed by atoms with Gasteiger partial charge in [0, 0.05) is 51.2 Å². The Morgan fingerprint density at radius 2 is 0.453 bits per heavy atom. The summed E-state index contributed by atoms with van der Waals surface area (Å²) in [6.45, 7) is 0. The van der Waals surface area contributed by atoms with Crippen molar-refractivity contribution in [3.8, 4) is 22.3 Å². The van der Waals surface area contributed by atoms with Crippen molar-refractivity contribution >= 4 is 51.2 Å². The molecular weight excluding hydrogens is 775 g/mol. The van der Waals surface area contributed by atoms with Gasteiger partial charge in [0.25, 0.3) is 0 Å². The van der Waals surface area contributed by atoms with Gasteiger partial charge in [-0.15, -0.1) is 0 Å². The molecule has 64 heavy (non-hydrogen) atoms. The maximum atomic E-state index is 2.47. The van der Waals surface area contributed by atoms with Gasteiger partial charge in [-0.2, -0.15) is 0 Å². The molecule has 0 amide bonds. The predicted octanol–water partition coefficient (Wildman–Crippen LogP) is 16.4. The molecule has 0 saturated heterocycles. The van der Waals surface area contributed by atoms with Gasteiger partial charge in [-0.05, 0) is 142 Å². The second kappa shape index (κ2) is 15.5. The number of anilines is 9. The van der Waals surface area contributed by atoms with E-state index in [1.807, 2.05) is 0 Å². The summed E-state index contributed by atoms with van der Waals surface area (Å²) in [5, 5.41) is 0. The number of fused-ring (bicyclic) bond motifs is 10. The lowest BCUT2D eigenvalue weighted by atomic mass is 9.70. The summed E-state index contributed by atoms with van der Waals surface area (Å²) in [5.74, 6) is 0. The van der Waals surface area contributed by atoms with Crippen LogP contribution in [0.3, 0.4) is 0 Å². The van der Waals surface area contributed by atoms with E-state index in [0.717, 1.165) is 51.2 Å². The van der Waals surface area contributed by atoms with Crippen molar-refractivity contribution < 1.29 is 0 Å². The molecule has 0 fully saturated rings. The average molecular weight is 818 g/mol. The molecule has 0 aliphatic heterocycles. The number of hydrogen-bond donors (Lipinski definition) is 0. The van der Waals surface area contributed by atoms with E-state index in [0.29, 0.717) is 0 Å². The molecule has 10 aromatic carbocycles. The minimum atomic E-state index is -0.443. The van der Waals surface area contributed by atoms with Crippen LogP contribution >= 0.6 is 0 Å². The molecule has 3 heteroatoms. The first-order valence-corrected chi connectivity index (χ1v) is 22.0. The Hall–Kier alpha value is -8.40. The van der Waals surface area contributed by atoms with Crippen molar-refractivity contribution in [2.24, 2.45) is 0 Å². The molecule has 0 atom stereocenters. The summed E-state index contributed by atoms with van der Waals surface area (Å²) in [6.07, 6.45) is 0. The number of rotatable bonds is 9. The largest absolute Gasteiger partial charge is 0.310 e. The smallest absolute Gasteiger partial charge is 0.0726 e. The second-order valence-electron chi connectivity index (χ2n) is 16.5. The van der Waals surface area contributed by atoms with E-state index in [9.17, 15) is 0 Å². The van der Waals surface area contributed by atoms with E-state index < -0.39 is 5.41 Å². The van der Waals surface area contributed by atoms with Crippen LogP contribution in [0.2, 0.25) is 0 Å². The Balaban J connectivity index is 1.03. The predicted molar refractivity (Wildman–Crippen MR) is 267 cm³/mol. The first-order chi connectivity index (χ1) is 31.8. The van der Waals surface area contributed by atoms with Gasteiger partial charge >= 0.3 is 0 Å². The zero-order chi connectivity index (χ0) is 42.5. The van der Waals surface area contributed by atoms with Crippen LogP contribution in [0.15, 0.2) is 261 Å². The minimum absolute atomic E-state index is 0.443. The van der Waals surface area contributed by atoms with Crippen LogP contribution in [0, 0.1) is 0 Å². The van der Waals surface area contributed by atoms with Crippen molar-refractivity contribution in [1.29, 1.82) is 0 Å². The van der Waals surface area contributed by atoms with Crippen LogP contribution in [-0.4, -0.2) is 0 Å². The van der Waals surface area contributed by atoms with Crippen molar-refractivity contribution in [2.75, 3.05) is 14.7 Å². The Labute approximate surface area is 375 Å². The molecule has 2 aliphatic rings. The maximum absolute atomic E-state index is 2.47. The fourth-order valence-electron chi connectivity index (χ4n) is 10.4. The van der Waals surface area contributed by atoms with Gasteiger partial charge in [-0.1, -0.05) is 164 Å². The summed E-state index contributed by atoms with van der Waals surface area (Å²) in [5.41, 5.74) is 19.8. The summed E-state index contributed by atoms with van der Waals surface area (Å²) in [4.78, 5) is 7.10. The third-order valence-electron chi connectivity index (χ3n) is 13.0. The minimum Gasteiger partial charge on any atom is -0.310 e. The molecule has 302 valence electrons. The molecule has 0 heterocycles. The number of nitrogens with zero attached hydrogens (tertiary/aromatic N) is 3. The van der Waals surface area contributed by atoms with Crippen LogP contribution in [0.1, 0.15) is 22.3 Å². The molecule has 3 nitrogen and oxygen atoms in total. The highest BCUT2D eigenvalue weighted by atomic mass is 15.2. The molecule has 10 aromatic rings. The Morgan fingerprint density at radius 3 is 0.812 bits per heavy atom. The van der Waals surface area contributed by atoms with Gasteiger partial charge in [0.05, 0.1) is 5.41 Å². The number of para-hydroxylation sites is 4. The van der Waals surface area contributed by atoms with Gasteiger partial charge in [-0.3, -0.25) is 0 Å². The molecule has 0 saturated carbocycles. The van der Waals surface area contributed by atoms with Gasteiger partial charge < -0.3 is 14.7 Å². The van der Waals surface area contributed by atoms with Gasteiger partial charge in [0.15, 0.2) is 0 Å². The highest BCUT2D eigenvalue weighted by Crippen LogP contribution is 2.63. The Morgan fingerprint density at radius 1 is 0.188 bits per heavy atom. The van der Waals surface area contributed by atoms with Crippen molar-refractivity contribution in [3.63, 3.8) is 0 Å². The fourth-order valence-corrected chi connectivity index (χ4v) is 10.4. The maximum Gasteiger partial charge on any atom is 0.0726 e. The van der Waals surface area contributed by atoms with Crippen LogP contribution in [0.4, 0.5) is 51.2 Å². The standard InChI is InChI=1S/C61H43N3/c1-5-21-44(22-6-1)62(45-23-7-2-8-24-45)48-29-19-30-49(41-48)63(46-25-9-3-10-26-46)50-31-20-32-51(42-50)64(47-27-11-4-12-28-47)52-39-40-56-55-35-15-18-38-59(55)61(60(56)43-52)57-36-16-13-33-53(57)54-34-14-17-37-58(54)61/h1-43H. The zero-order valence-electron chi connectivity index (χ0n) is 35.2. The molecule has 1 spiro atoms. The lowest BCUT2D eigenvalue weighted by molar-refractivity contribution is 0.793. The molecule has 0 bridgehead atoms. The van der Waals surface area contributed by atoms with E-state index >= 15 is 0 Å². The highest BCUT2D eigenvalue weighted by Gasteiger charge is 2.51. The summed E-state index contributed by atoms with van der Waals surface area (Å²) in [6, 6.07) is 94.7. The Bertz CT molecular complexity index is 3190. The zero-order valence-corrected chi connectivity index (χ0v) is 35.2. The van der Waals surface area contributed by atoms with Crippen molar-refractivity contribution in [2.45, 2.75) is 5.41 Å². The topological polar surface area (TPSA) is 9.72 Å². The third-order valence-corrected chi connectivity index (χ3v) is 13.0. The normalized spacial score (nSPS) is 12.5. The summed E-state index contributed by atoms with van der Waals surface area (Å²) in [7, 11) is 0. The van der Waals surface area contributed by atoms with E-state index in [2.05, 4.69) is 276 Å². The third kappa shape index (κ3) is 5.97. The first-order valence-electron chi connectivity index (χ1n) is 22.0. The molecule has 0 aromatic heterocycles. The summed E-state index contributed by atoms with van der Waals surface area (Å²) < 4.78 is 0. The lowest BCUT2D eigenvalue weighted by Crippen LogP contribution is -2.26. The van der Waals surface area contributed by atoms with Crippen molar-refractivity contribution in [3.05, 3.63) is 283 Å². The highest BCUT2D eigenvalue weighted by molar-refractivity contribution is 5.96. The SMILES string of the molecule is c1ccc(N(c2ccccc2)c2cccc(N(c3ccccc3)c3cccc(N(c4ccccc4)c4ccc5c(c4)C4(c6ccccc6-c6ccccc64)c4ccccc4-5)c3)c2)cc1. The van der Waals surface area contributed by atoms with Crippen LogP contribution in [0.25, 0.3) is 22.3 Å². The lowest BCUT2D eigenvalue weighted by Gasteiger charge is -2.33. The molecular formula is C61H43N3. The van der Waals surface area contributed by atoms with Crippen LogP contribution < -0.4 is 14.7 Å². The molecule has 0 unspecified atom stereocenters. The molecule has 0 radical (unpaired) electrons. The molecule has 2 aliphatic carbocycles. The van der Waals surface area contributed by atoms with Gasteiger partial charge in [0.1, 0.15) is 0 Å². The first kappa shape index (κ1) is 37.4.